The molecule has 1 aliphatic rings. The van der Waals surface area contributed by atoms with Crippen LogP contribution in [0.5, 0.6) is 5.75 Å². The summed E-state index contributed by atoms with van der Waals surface area (Å²) in [5, 5.41) is 9.45. The van der Waals surface area contributed by atoms with Crippen LogP contribution in [0.15, 0.2) is 72.8 Å². The lowest BCUT2D eigenvalue weighted by molar-refractivity contribution is -0.150. The highest BCUT2D eigenvalue weighted by molar-refractivity contribution is 5.78. The van der Waals surface area contributed by atoms with Crippen molar-refractivity contribution in [1.29, 1.82) is 0 Å². The number of hydrogen-bond acceptors (Lipinski definition) is 3. The van der Waals surface area contributed by atoms with Gasteiger partial charge in [0.05, 0.1) is 6.61 Å². The SMILES string of the molecule is CCCCCOC(Cc1ccc(OCCCC2c3ccccc3-c3ccccc32)cc1)C(=O)O. The van der Waals surface area contributed by atoms with E-state index in [4.69, 9.17) is 9.47 Å². The molecule has 1 atom stereocenters. The lowest BCUT2D eigenvalue weighted by Crippen LogP contribution is -2.26. The molecule has 4 nitrogen and oxygen atoms in total. The number of aliphatic carboxylic acids is 1. The van der Waals surface area contributed by atoms with Gasteiger partial charge in [-0.05, 0) is 59.2 Å². The maximum Gasteiger partial charge on any atom is 0.333 e. The molecule has 0 bridgehead atoms. The molecule has 0 spiro atoms. The maximum atomic E-state index is 11.5. The minimum absolute atomic E-state index is 0.363. The highest BCUT2D eigenvalue weighted by atomic mass is 16.5. The molecule has 34 heavy (non-hydrogen) atoms. The molecule has 0 saturated carbocycles. The third kappa shape index (κ3) is 5.87. The zero-order valence-corrected chi connectivity index (χ0v) is 19.9. The van der Waals surface area contributed by atoms with Gasteiger partial charge >= 0.3 is 5.97 Å². The van der Waals surface area contributed by atoms with Gasteiger partial charge in [0.1, 0.15) is 5.75 Å². The fourth-order valence-electron chi connectivity index (χ4n) is 4.78. The van der Waals surface area contributed by atoms with E-state index in [2.05, 4.69) is 55.5 Å². The summed E-state index contributed by atoms with van der Waals surface area (Å²) in [5.74, 6) is 0.322. The summed E-state index contributed by atoms with van der Waals surface area (Å²) in [7, 11) is 0. The molecule has 3 aromatic rings. The van der Waals surface area contributed by atoms with Gasteiger partial charge in [-0.25, -0.2) is 4.79 Å². The van der Waals surface area contributed by atoms with Crippen LogP contribution in [0.1, 0.15) is 61.6 Å². The predicted molar refractivity (Wildman–Crippen MR) is 135 cm³/mol. The summed E-state index contributed by atoms with van der Waals surface area (Å²) >= 11 is 0. The van der Waals surface area contributed by atoms with Gasteiger partial charge in [-0.1, -0.05) is 80.4 Å². The Morgan fingerprint density at radius 2 is 1.50 bits per heavy atom. The molecule has 1 aliphatic carbocycles. The van der Waals surface area contributed by atoms with Gasteiger partial charge in [0.15, 0.2) is 6.10 Å². The first-order chi connectivity index (χ1) is 16.7. The molecule has 178 valence electrons. The number of hydrogen-bond donors (Lipinski definition) is 1. The molecule has 0 saturated heterocycles. The zero-order chi connectivity index (χ0) is 23.8. The highest BCUT2D eigenvalue weighted by Crippen LogP contribution is 2.46. The third-order valence-corrected chi connectivity index (χ3v) is 6.56. The van der Waals surface area contributed by atoms with Crippen molar-refractivity contribution in [1.82, 2.24) is 0 Å². The molecule has 4 rings (SSSR count). The van der Waals surface area contributed by atoms with Crippen LogP contribution in [0.25, 0.3) is 11.1 Å². The van der Waals surface area contributed by atoms with Crippen LogP contribution in [0.4, 0.5) is 0 Å². The number of carbonyl (C=O) groups is 1. The molecular formula is C30H34O4. The quantitative estimate of drug-likeness (QED) is 0.284. The smallest absolute Gasteiger partial charge is 0.333 e. The summed E-state index contributed by atoms with van der Waals surface area (Å²) in [6.07, 6.45) is 4.60. The number of carboxylic acid groups (broad SMARTS) is 1. The molecule has 0 heterocycles. The van der Waals surface area contributed by atoms with E-state index in [9.17, 15) is 9.90 Å². The van der Waals surface area contributed by atoms with Crippen molar-refractivity contribution in [2.75, 3.05) is 13.2 Å². The van der Waals surface area contributed by atoms with E-state index < -0.39 is 12.1 Å². The van der Waals surface area contributed by atoms with Gasteiger partial charge in [0.25, 0.3) is 0 Å². The predicted octanol–water partition coefficient (Wildman–Crippen LogP) is 6.86. The number of carboxylic acids is 1. The Morgan fingerprint density at radius 1 is 0.853 bits per heavy atom. The summed E-state index contributed by atoms with van der Waals surface area (Å²) in [4.78, 5) is 11.5. The van der Waals surface area contributed by atoms with Crippen molar-refractivity contribution in [3.63, 3.8) is 0 Å². The largest absolute Gasteiger partial charge is 0.494 e. The summed E-state index contributed by atoms with van der Waals surface area (Å²) in [6, 6.07) is 25.1. The summed E-state index contributed by atoms with van der Waals surface area (Å²) in [5.41, 5.74) is 6.48. The monoisotopic (exact) mass is 458 g/mol. The minimum atomic E-state index is -0.910. The minimum Gasteiger partial charge on any atom is -0.494 e. The Labute approximate surface area is 202 Å². The average molecular weight is 459 g/mol. The third-order valence-electron chi connectivity index (χ3n) is 6.56. The molecule has 0 aliphatic heterocycles. The standard InChI is InChI=1S/C30H34O4/c1-2-3-8-19-34-29(30(31)32)21-22-15-17-23(18-16-22)33-20-9-14-28-26-12-6-4-10-24(26)25-11-5-7-13-27(25)28/h4-7,10-13,15-18,28-29H,2-3,8-9,14,19-21H2,1H3,(H,31,32). The van der Waals surface area contributed by atoms with Crippen molar-refractivity contribution in [3.8, 4) is 16.9 Å². The van der Waals surface area contributed by atoms with Gasteiger partial charge in [0, 0.05) is 18.9 Å². The normalized spacial score (nSPS) is 13.3. The van der Waals surface area contributed by atoms with Crippen LogP contribution in [-0.4, -0.2) is 30.4 Å². The lowest BCUT2D eigenvalue weighted by Gasteiger charge is -2.15. The van der Waals surface area contributed by atoms with E-state index in [1.54, 1.807) is 0 Å². The molecule has 0 amide bonds. The average Bonchev–Trinajstić information content (AvgIpc) is 3.18. The molecular weight excluding hydrogens is 424 g/mol. The molecule has 0 aromatic heterocycles. The zero-order valence-electron chi connectivity index (χ0n) is 19.9. The van der Waals surface area contributed by atoms with Gasteiger partial charge in [-0.3, -0.25) is 0 Å². The fraction of sp³-hybridized carbons (Fsp3) is 0.367. The van der Waals surface area contributed by atoms with Crippen molar-refractivity contribution >= 4 is 5.97 Å². The van der Waals surface area contributed by atoms with Crippen molar-refractivity contribution < 1.29 is 19.4 Å². The van der Waals surface area contributed by atoms with Gasteiger partial charge in [0.2, 0.25) is 0 Å². The van der Waals surface area contributed by atoms with Crippen LogP contribution < -0.4 is 4.74 Å². The topological polar surface area (TPSA) is 55.8 Å². The van der Waals surface area contributed by atoms with Gasteiger partial charge in [-0.2, -0.15) is 0 Å². The fourth-order valence-corrected chi connectivity index (χ4v) is 4.78. The van der Waals surface area contributed by atoms with Crippen molar-refractivity contribution in [2.45, 2.75) is 57.5 Å². The van der Waals surface area contributed by atoms with E-state index in [1.165, 1.54) is 22.3 Å². The second-order valence-corrected chi connectivity index (χ2v) is 8.97. The summed E-state index contributed by atoms with van der Waals surface area (Å²) < 4.78 is 11.6. The number of fused-ring (bicyclic) bond motifs is 3. The van der Waals surface area contributed by atoms with E-state index in [0.29, 0.717) is 25.6 Å². The van der Waals surface area contributed by atoms with Crippen LogP contribution >= 0.6 is 0 Å². The first kappa shape index (κ1) is 24.0. The number of unbranched alkanes of at least 4 members (excludes halogenated alkanes) is 2. The maximum absolute atomic E-state index is 11.5. The Hall–Kier alpha value is -3.11. The molecule has 4 heteroatoms. The lowest BCUT2D eigenvalue weighted by atomic mass is 9.92. The Bertz CT molecular complexity index is 1030. The Kier molecular flexibility index (Phi) is 8.37. The second-order valence-electron chi connectivity index (χ2n) is 8.97. The van der Waals surface area contributed by atoms with E-state index >= 15 is 0 Å². The first-order valence-corrected chi connectivity index (χ1v) is 12.4. The van der Waals surface area contributed by atoms with Crippen molar-refractivity contribution in [2.24, 2.45) is 0 Å². The second kappa shape index (κ2) is 11.8. The molecule has 0 fully saturated rings. The van der Waals surface area contributed by atoms with Crippen LogP contribution in [0.2, 0.25) is 0 Å². The molecule has 1 unspecified atom stereocenters. The highest BCUT2D eigenvalue weighted by Gasteiger charge is 2.27. The van der Waals surface area contributed by atoms with E-state index in [-0.39, 0.29) is 0 Å². The molecule has 0 radical (unpaired) electrons. The molecule has 3 aromatic carbocycles. The van der Waals surface area contributed by atoms with E-state index in [0.717, 1.165) is 43.4 Å². The van der Waals surface area contributed by atoms with E-state index in [1.807, 2.05) is 24.3 Å². The first-order valence-electron chi connectivity index (χ1n) is 12.4. The van der Waals surface area contributed by atoms with Gasteiger partial charge in [-0.15, -0.1) is 0 Å². The van der Waals surface area contributed by atoms with Crippen LogP contribution in [0, 0.1) is 0 Å². The van der Waals surface area contributed by atoms with Crippen LogP contribution in [0.3, 0.4) is 0 Å². The van der Waals surface area contributed by atoms with Crippen molar-refractivity contribution in [3.05, 3.63) is 89.5 Å². The number of benzene rings is 3. The van der Waals surface area contributed by atoms with Gasteiger partial charge < -0.3 is 14.6 Å². The number of ether oxygens (including phenoxy) is 2. The number of rotatable bonds is 13. The van der Waals surface area contributed by atoms with Crippen LogP contribution in [-0.2, 0) is 16.0 Å². The molecule has 1 N–H and O–H groups in total. The Balaban J connectivity index is 1.26. The summed E-state index contributed by atoms with van der Waals surface area (Å²) in [6.45, 7) is 3.26. The Morgan fingerprint density at radius 3 is 2.12 bits per heavy atom.